The summed E-state index contributed by atoms with van der Waals surface area (Å²) in [6.07, 6.45) is -0.548. The standard InChI is InChI=1S/C22H28N2O3/c1-16-8-7-9-19(17(16)2)23-12-14-24(15-13-23)22(25)18(3)27-21-11-6-5-10-20(21)26-4/h5-11,18H,12-15H2,1-4H3/t18-/m1/s1. The predicted octanol–water partition coefficient (Wildman–Crippen LogP) is 3.43. The third-order valence-electron chi connectivity index (χ3n) is 5.23. The fourth-order valence-corrected chi connectivity index (χ4v) is 3.46. The van der Waals surface area contributed by atoms with Crippen molar-refractivity contribution in [2.24, 2.45) is 0 Å². The molecule has 2 aromatic rings. The third kappa shape index (κ3) is 4.18. The number of methoxy groups -OCH3 is 1. The maximum atomic E-state index is 12.8. The number of nitrogens with zero attached hydrogens (tertiary/aromatic N) is 2. The molecule has 0 radical (unpaired) electrons. The van der Waals surface area contributed by atoms with Gasteiger partial charge in [0.1, 0.15) is 0 Å². The Morgan fingerprint density at radius 3 is 2.30 bits per heavy atom. The largest absolute Gasteiger partial charge is 0.493 e. The summed E-state index contributed by atoms with van der Waals surface area (Å²) in [5.74, 6) is 1.24. The zero-order chi connectivity index (χ0) is 19.4. The van der Waals surface area contributed by atoms with Gasteiger partial charge in [0.25, 0.3) is 5.91 Å². The van der Waals surface area contributed by atoms with Gasteiger partial charge in [-0.3, -0.25) is 4.79 Å². The van der Waals surface area contributed by atoms with Gasteiger partial charge in [-0.15, -0.1) is 0 Å². The first-order valence-corrected chi connectivity index (χ1v) is 9.41. The zero-order valence-electron chi connectivity index (χ0n) is 16.6. The quantitative estimate of drug-likeness (QED) is 0.811. The summed E-state index contributed by atoms with van der Waals surface area (Å²) >= 11 is 0. The Labute approximate surface area is 161 Å². The minimum Gasteiger partial charge on any atom is -0.493 e. The Morgan fingerprint density at radius 1 is 0.963 bits per heavy atom. The average Bonchev–Trinajstić information content (AvgIpc) is 2.70. The molecule has 1 saturated heterocycles. The Bertz CT molecular complexity index is 798. The highest BCUT2D eigenvalue weighted by molar-refractivity contribution is 5.81. The molecule has 3 rings (SSSR count). The van der Waals surface area contributed by atoms with Crippen molar-refractivity contribution in [2.75, 3.05) is 38.2 Å². The van der Waals surface area contributed by atoms with Crippen molar-refractivity contribution in [3.63, 3.8) is 0 Å². The van der Waals surface area contributed by atoms with Gasteiger partial charge in [0, 0.05) is 31.9 Å². The highest BCUT2D eigenvalue weighted by atomic mass is 16.5. The molecule has 0 aliphatic carbocycles. The Balaban J connectivity index is 1.60. The van der Waals surface area contributed by atoms with E-state index in [2.05, 4.69) is 36.9 Å². The molecule has 0 N–H and O–H groups in total. The number of anilines is 1. The Morgan fingerprint density at radius 2 is 1.63 bits per heavy atom. The average molecular weight is 368 g/mol. The number of hydrogen-bond acceptors (Lipinski definition) is 4. The molecule has 1 heterocycles. The van der Waals surface area contributed by atoms with Gasteiger partial charge < -0.3 is 19.3 Å². The summed E-state index contributed by atoms with van der Waals surface area (Å²) in [6, 6.07) is 13.8. The maximum absolute atomic E-state index is 12.8. The number of ether oxygens (including phenoxy) is 2. The summed E-state index contributed by atoms with van der Waals surface area (Å²) < 4.78 is 11.2. The van der Waals surface area contributed by atoms with Crippen molar-refractivity contribution < 1.29 is 14.3 Å². The molecule has 1 amide bonds. The molecule has 27 heavy (non-hydrogen) atoms. The molecule has 1 atom stereocenters. The van der Waals surface area contributed by atoms with Crippen molar-refractivity contribution in [1.82, 2.24) is 4.90 Å². The number of amides is 1. The van der Waals surface area contributed by atoms with E-state index in [1.165, 1.54) is 16.8 Å². The molecule has 0 bridgehead atoms. The predicted molar refractivity (Wildman–Crippen MR) is 108 cm³/mol. The number of para-hydroxylation sites is 2. The van der Waals surface area contributed by atoms with Gasteiger partial charge in [0.2, 0.25) is 0 Å². The van der Waals surface area contributed by atoms with E-state index in [0.717, 1.165) is 13.1 Å². The Kier molecular flexibility index (Phi) is 5.89. The molecule has 144 valence electrons. The minimum absolute atomic E-state index is 0.0153. The van der Waals surface area contributed by atoms with E-state index in [1.807, 2.05) is 29.2 Å². The highest BCUT2D eigenvalue weighted by Crippen LogP contribution is 2.27. The number of rotatable bonds is 5. The van der Waals surface area contributed by atoms with Crippen LogP contribution in [-0.4, -0.2) is 50.2 Å². The lowest BCUT2D eigenvalue weighted by Gasteiger charge is -2.38. The first-order chi connectivity index (χ1) is 13.0. The van der Waals surface area contributed by atoms with Crippen LogP contribution in [0, 0.1) is 13.8 Å². The molecule has 1 aliphatic heterocycles. The normalized spacial score (nSPS) is 15.4. The summed E-state index contributed by atoms with van der Waals surface area (Å²) in [5, 5.41) is 0. The maximum Gasteiger partial charge on any atom is 0.263 e. The van der Waals surface area contributed by atoms with Crippen LogP contribution >= 0.6 is 0 Å². The van der Waals surface area contributed by atoms with Gasteiger partial charge >= 0.3 is 0 Å². The fraction of sp³-hybridized carbons (Fsp3) is 0.409. The van der Waals surface area contributed by atoms with E-state index >= 15 is 0 Å². The first-order valence-electron chi connectivity index (χ1n) is 9.41. The Hall–Kier alpha value is -2.69. The summed E-state index contributed by atoms with van der Waals surface area (Å²) in [7, 11) is 1.60. The van der Waals surface area contributed by atoms with Crippen LogP contribution in [0.3, 0.4) is 0 Å². The molecule has 1 aliphatic rings. The van der Waals surface area contributed by atoms with Crippen molar-refractivity contribution in [3.05, 3.63) is 53.6 Å². The van der Waals surface area contributed by atoms with E-state index in [-0.39, 0.29) is 5.91 Å². The van der Waals surface area contributed by atoms with Crippen LogP contribution in [0.2, 0.25) is 0 Å². The molecule has 0 unspecified atom stereocenters. The minimum atomic E-state index is -0.548. The molecule has 1 fully saturated rings. The van der Waals surface area contributed by atoms with Crippen molar-refractivity contribution >= 4 is 11.6 Å². The molecule has 0 saturated carbocycles. The number of piperazine rings is 1. The topological polar surface area (TPSA) is 42.0 Å². The summed E-state index contributed by atoms with van der Waals surface area (Å²) in [6.45, 7) is 9.15. The van der Waals surface area contributed by atoms with Crippen LogP contribution in [0.1, 0.15) is 18.1 Å². The van der Waals surface area contributed by atoms with Crippen LogP contribution < -0.4 is 14.4 Å². The molecular formula is C22H28N2O3. The van der Waals surface area contributed by atoms with Gasteiger partial charge in [-0.25, -0.2) is 0 Å². The molecule has 0 aromatic heterocycles. The summed E-state index contributed by atoms with van der Waals surface area (Å²) in [4.78, 5) is 17.1. The second kappa shape index (κ2) is 8.33. The lowest BCUT2D eigenvalue weighted by molar-refractivity contribution is -0.138. The van der Waals surface area contributed by atoms with Gasteiger partial charge in [-0.1, -0.05) is 24.3 Å². The second-order valence-electron chi connectivity index (χ2n) is 6.94. The first kappa shape index (κ1) is 19.1. The van der Waals surface area contributed by atoms with Crippen LogP contribution in [0.15, 0.2) is 42.5 Å². The number of carbonyl (C=O) groups is 1. The number of benzene rings is 2. The number of carbonyl (C=O) groups excluding carboxylic acids is 1. The lowest BCUT2D eigenvalue weighted by Crippen LogP contribution is -2.52. The molecule has 0 spiro atoms. The van der Waals surface area contributed by atoms with Crippen molar-refractivity contribution in [2.45, 2.75) is 26.9 Å². The molecule has 2 aromatic carbocycles. The van der Waals surface area contributed by atoms with E-state index in [4.69, 9.17) is 9.47 Å². The highest BCUT2D eigenvalue weighted by Gasteiger charge is 2.27. The van der Waals surface area contributed by atoms with Gasteiger partial charge in [-0.2, -0.15) is 0 Å². The monoisotopic (exact) mass is 368 g/mol. The molecule has 5 nitrogen and oxygen atoms in total. The fourth-order valence-electron chi connectivity index (χ4n) is 3.46. The SMILES string of the molecule is COc1ccccc1O[C@H](C)C(=O)N1CCN(c2cccc(C)c2C)CC1. The van der Waals surface area contributed by atoms with Crippen molar-refractivity contribution in [1.29, 1.82) is 0 Å². The van der Waals surface area contributed by atoms with E-state index in [9.17, 15) is 4.79 Å². The van der Waals surface area contributed by atoms with Crippen molar-refractivity contribution in [3.8, 4) is 11.5 Å². The smallest absolute Gasteiger partial charge is 0.263 e. The van der Waals surface area contributed by atoms with Gasteiger partial charge in [0.15, 0.2) is 17.6 Å². The number of hydrogen-bond donors (Lipinski definition) is 0. The van der Waals surface area contributed by atoms with Crippen LogP contribution in [0.5, 0.6) is 11.5 Å². The van der Waals surface area contributed by atoms with Crippen LogP contribution in [0.25, 0.3) is 0 Å². The van der Waals surface area contributed by atoms with Gasteiger partial charge in [-0.05, 0) is 50.1 Å². The van der Waals surface area contributed by atoms with Crippen LogP contribution in [0.4, 0.5) is 5.69 Å². The zero-order valence-corrected chi connectivity index (χ0v) is 16.6. The number of aryl methyl sites for hydroxylation is 1. The second-order valence-corrected chi connectivity index (χ2v) is 6.94. The van der Waals surface area contributed by atoms with E-state index in [1.54, 1.807) is 14.0 Å². The third-order valence-corrected chi connectivity index (χ3v) is 5.23. The van der Waals surface area contributed by atoms with Crippen LogP contribution in [-0.2, 0) is 4.79 Å². The van der Waals surface area contributed by atoms with Gasteiger partial charge in [0.05, 0.1) is 7.11 Å². The summed E-state index contributed by atoms with van der Waals surface area (Å²) in [5.41, 5.74) is 3.87. The van der Waals surface area contributed by atoms with E-state index < -0.39 is 6.10 Å². The van der Waals surface area contributed by atoms with E-state index in [0.29, 0.717) is 24.6 Å². The lowest BCUT2D eigenvalue weighted by atomic mass is 10.1. The molecule has 5 heteroatoms. The molecular weight excluding hydrogens is 340 g/mol.